The quantitative estimate of drug-likeness (QED) is 0.208. The van der Waals surface area contributed by atoms with Crippen molar-refractivity contribution in [2.24, 2.45) is 5.11 Å². The highest BCUT2D eigenvalue weighted by atomic mass is 35.5. The van der Waals surface area contributed by atoms with Gasteiger partial charge in [-0.05, 0) is 11.6 Å². The van der Waals surface area contributed by atoms with Crippen LogP contribution in [0.5, 0.6) is 0 Å². The molecule has 0 fully saturated rings. The molecule has 1 aromatic rings. The molecule has 0 aromatic carbocycles. The van der Waals surface area contributed by atoms with Gasteiger partial charge >= 0.3 is 0 Å². The molecule has 0 amide bonds. The number of azide groups is 1. The van der Waals surface area contributed by atoms with Crippen molar-refractivity contribution in [3.63, 3.8) is 0 Å². The number of nitrogens with two attached hydrogens (primary N) is 1. The molecule has 0 aliphatic heterocycles. The topological polar surface area (TPSA) is 87.7 Å². The molecule has 2 N–H and O–H groups in total. The Bertz CT molecular complexity index is 453. The highest BCUT2D eigenvalue weighted by Crippen LogP contribution is 2.15. The second-order valence-corrected chi connectivity index (χ2v) is 2.97. The van der Waals surface area contributed by atoms with Gasteiger partial charge in [-0.2, -0.15) is 0 Å². The fourth-order valence-electron chi connectivity index (χ4n) is 0.849. The fourth-order valence-corrected chi connectivity index (χ4v) is 0.952. The van der Waals surface area contributed by atoms with Gasteiger partial charge in [-0.25, -0.2) is 4.98 Å². The van der Waals surface area contributed by atoms with Crippen molar-refractivity contribution in [2.75, 3.05) is 12.3 Å². The number of hydrogen-bond donors (Lipinski definition) is 1. The van der Waals surface area contributed by atoms with E-state index in [1.165, 1.54) is 0 Å². The molecule has 0 unspecified atom stereocenters. The van der Waals surface area contributed by atoms with E-state index in [0.717, 1.165) is 0 Å². The predicted molar refractivity (Wildman–Crippen MR) is 59.2 cm³/mol. The maximum Gasteiger partial charge on any atom is 0.151 e. The Balaban J connectivity index is 2.64. The lowest BCUT2D eigenvalue weighted by Crippen LogP contribution is -1.90. The Hall–Kier alpha value is -1.89. The Labute approximate surface area is 91.9 Å². The third-order valence-corrected chi connectivity index (χ3v) is 1.81. The van der Waals surface area contributed by atoms with Crippen LogP contribution in [-0.4, -0.2) is 11.5 Å². The minimum atomic E-state index is 0.273. The first-order chi connectivity index (χ1) is 7.24. The zero-order valence-corrected chi connectivity index (χ0v) is 8.57. The third-order valence-electron chi connectivity index (χ3n) is 1.50. The van der Waals surface area contributed by atoms with Gasteiger partial charge in [0.05, 0.1) is 5.69 Å². The molecule has 6 heteroatoms. The monoisotopic (exact) mass is 221 g/mol. The summed E-state index contributed by atoms with van der Waals surface area (Å²) in [5.74, 6) is 5.67. The second-order valence-electron chi connectivity index (χ2n) is 2.61. The molecule has 1 aromatic heterocycles. The van der Waals surface area contributed by atoms with Crippen LogP contribution in [0, 0.1) is 11.8 Å². The number of nitrogen functional groups attached to an aromatic ring is 1. The van der Waals surface area contributed by atoms with E-state index in [-0.39, 0.29) is 5.15 Å². The summed E-state index contributed by atoms with van der Waals surface area (Å²) >= 11 is 5.64. The number of pyridine rings is 1. The average molecular weight is 222 g/mol. The summed E-state index contributed by atoms with van der Waals surface area (Å²) in [7, 11) is 0. The van der Waals surface area contributed by atoms with E-state index >= 15 is 0 Å². The zero-order valence-electron chi connectivity index (χ0n) is 7.81. The number of rotatable bonds is 2. The van der Waals surface area contributed by atoms with Gasteiger partial charge < -0.3 is 5.73 Å². The van der Waals surface area contributed by atoms with Crippen molar-refractivity contribution in [2.45, 2.75) is 6.42 Å². The maximum atomic E-state index is 8.02. The van der Waals surface area contributed by atoms with Crippen molar-refractivity contribution in [1.82, 2.24) is 4.98 Å². The van der Waals surface area contributed by atoms with Crippen molar-refractivity contribution in [3.05, 3.63) is 33.4 Å². The predicted octanol–water partition coefficient (Wildman–Crippen LogP) is 2.37. The summed E-state index contributed by atoms with van der Waals surface area (Å²) in [6, 6.07) is 1.65. The molecule has 0 bridgehead atoms. The lowest BCUT2D eigenvalue weighted by Gasteiger charge is -1.95. The summed E-state index contributed by atoms with van der Waals surface area (Å²) in [6.07, 6.45) is 2.05. The van der Waals surface area contributed by atoms with Crippen LogP contribution < -0.4 is 5.73 Å². The largest absolute Gasteiger partial charge is 0.396 e. The molecule has 0 saturated carbocycles. The summed E-state index contributed by atoms with van der Waals surface area (Å²) in [6.45, 7) is 0.361. The first-order valence-corrected chi connectivity index (χ1v) is 4.52. The molecule has 0 aliphatic rings. The Morgan fingerprint density at radius 1 is 1.67 bits per heavy atom. The van der Waals surface area contributed by atoms with Gasteiger partial charge in [0.2, 0.25) is 0 Å². The molecule has 76 valence electrons. The van der Waals surface area contributed by atoms with E-state index in [2.05, 4.69) is 26.9 Å². The van der Waals surface area contributed by atoms with Gasteiger partial charge in [0, 0.05) is 29.6 Å². The Morgan fingerprint density at radius 2 is 2.47 bits per heavy atom. The minimum absolute atomic E-state index is 0.273. The van der Waals surface area contributed by atoms with E-state index in [9.17, 15) is 0 Å². The maximum absolute atomic E-state index is 8.02. The lowest BCUT2D eigenvalue weighted by molar-refractivity contribution is 1.01. The van der Waals surface area contributed by atoms with E-state index in [0.29, 0.717) is 24.2 Å². The van der Waals surface area contributed by atoms with Crippen LogP contribution in [0.1, 0.15) is 12.0 Å². The number of hydrogen-bond acceptors (Lipinski definition) is 3. The number of anilines is 1. The van der Waals surface area contributed by atoms with Crippen molar-refractivity contribution >= 4 is 17.3 Å². The molecule has 1 heterocycles. The molecular weight excluding hydrogens is 214 g/mol. The highest BCUT2D eigenvalue weighted by molar-refractivity contribution is 6.31. The van der Waals surface area contributed by atoms with Crippen LogP contribution in [0.15, 0.2) is 17.4 Å². The van der Waals surface area contributed by atoms with Gasteiger partial charge in [0.15, 0.2) is 5.15 Å². The van der Waals surface area contributed by atoms with Crippen LogP contribution >= 0.6 is 11.6 Å². The Kier molecular flexibility index (Phi) is 4.30. The summed E-state index contributed by atoms with van der Waals surface area (Å²) < 4.78 is 0. The summed E-state index contributed by atoms with van der Waals surface area (Å²) in [4.78, 5) is 6.46. The van der Waals surface area contributed by atoms with E-state index < -0.39 is 0 Å². The molecule has 15 heavy (non-hydrogen) atoms. The smallest absolute Gasteiger partial charge is 0.151 e. The first-order valence-electron chi connectivity index (χ1n) is 4.15. The molecule has 5 nitrogen and oxygen atoms in total. The van der Waals surface area contributed by atoms with Crippen LogP contribution in [0.4, 0.5) is 5.69 Å². The lowest BCUT2D eigenvalue weighted by atomic mass is 10.2. The van der Waals surface area contributed by atoms with Crippen molar-refractivity contribution < 1.29 is 0 Å². The Morgan fingerprint density at radius 3 is 3.13 bits per heavy atom. The van der Waals surface area contributed by atoms with E-state index in [4.69, 9.17) is 22.9 Å². The first kappa shape index (κ1) is 11.2. The van der Waals surface area contributed by atoms with Gasteiger partial charge in [0.25, 0.3) is 0 Å². The molecule has 1 rings (SSSR count). The molecule has 0 aliphatic carbocycles. The van der Waals surface area contributed by atoms with Gasteiger partial charge in [-0.15, -0.1) is 0 Å². The second kappa shape index (κ2) is 5.76. The highest BCUT2D eigenvalue weighted by Gasteiger charge is 1.96. The van der Waals surface area contributed by atoms with Crippen molar-refractivity contribution in [3.8, 4) is 11.8 Å². The van der Waals surface area contributed by atoms with Crippen molar-refractivity contribution in [1.29, 1.82) is 0 Å². The molecular formula is C9H8ClN5. The number of nitrogens with zero attached hydrogens (tertiary/aromatic N) is 4. The number of aromatic nitrogens is 1. The SMILES string of the molecule is [N-]=[N+]=NCCC#Cc1cnc(Cl)c(N)c1. The van der Waals surface area contributed by atoms with E-state index in [1.807, 2.05) is 0 Å². The van der Waals surface area contributed by atoms with Crippen LogP contribution in [0.2, 0.25) is 5.15 Å². The average Bonchev–Trinajstić information content (AvgIpc) is 2.23. The minimum Gasteiger partial charge on any atom is -0.396 e. The number of halogens is 1. The van der Waals surface area contributed by atoms with E-state index in [1.54, 1.807) is 12.3 Å². The summed E-state index contributed by atoms with van der Waals surface area (Å²) in [5, 5.41) is 3.62. The molecule has 0 saturated heterocycles. The molecule has 0 spiro atoms. The molecule has 0 atom stereocenters. The third kappa shape index (κ3) is 3.77. The summed E-state index contributed by atoms with van der Waals surface area (Å²) in [5.41, 5.74) is 14.7. The van der Waals surface area contributed by atoms with Gasteiger partial charge in [0.1, 0.15) is 0 Å². The van der Waals surface area contributed by atoms with Gasteiger partial charge in [-0.1, -0.05) is 28.6 Å². The van der Waals surface area contributed by atoms with Crippen LogP contribution in [-0.2, 0) is 0 Å². The zero-order chi connectivity index (χ0) is 11.1. The van der Waals surface area contributed by atoms with Crippen LogP contribution in [0.3, 0.4) is 0 Å². The molecule has 0 radical (unpaired) electrons. The van der Waals surface area contributed by atoms with Gasteiger partial charge in [-0.3, -0.25) is 0 Å². The standard InChI is InChI=1S/C9H8ClN5/c10-9-8(11)5-7(6-13-9)3-1-2-4-14-15-12/h5-6H,2,4,11H2. The fraction of sp³-hybridized carbons (Fsp3) is 0.222. The van der Waals surface area contributed by atoms with Crippen LogP contribution in [0.25, 0.3) is 10.4 Å². The normalized spacial score (nSPS) is 8.60.